The van der Waals surface area contributed by atoms with Crippen molar-refractivity contribution in [3.05, 3.63) is 29.8 Å². The van der Waals surface area contributed by atoms with Crippen molar-refractivity contribution in [2.45, 2.75) is 39.2 Å². The van der Waals surface area contributed by atoms with Gasteiger partial charge in [-0.15, -0.1) is 0 Å². The minimum Gasteiger partial charge on any atom is -0.392 e. The predicted molar refractivity (Wildman–Crippen MR) is 65.0 cm³/mol. The fourth-order valence-corrected chi connectivity index (χ4v) is 1.61. The molecule has 0 heterocycles. The van der Waals surface area contributed by atoms with Crippen molar-refractivity contribution in [2.75, 3.05) is 11.9 Å². The molecule has 0 saturated heterocycles. The summed E-state index contributed by atoms with van der Waals surface area (Å²) in [6, 6.07) is 7.92. The lowest BCUT2D eigenvalue weighted by atomic mass is 10.1. The van der Waals surface area contributed by atoms with E-state index in [0.717, 1.165) is 17.8 Å². The number of rotatable bonds is 7. The van der Waals surface area contributed by atoms with Gasteiger partial charge in [0.1, 0.15) is 0 Å². The molecule has 0 spiro atoms. The van der Waals surface area contributed by atoms with Crippen LogP contribution in [0.4, 0.5) is 5.69 Å². The summed E-state index contributed by atoms with van der Waals surface area (Å²) >= 11 is 0. The molecule has 0 fully saturated rings. The molecule has 2 N–H and O–H groups in total. The summed E-state index contributed by atoms with van der Waals surface area (Å²) in [7, 11) is 0. The number of aliphatic hydroxyl groups is 1. The fourth-order valence-electron chi connectivity index (χ4n) is 1.61. The maximum atomic E-state index is 9.12. The van der Waals surface area contributed by atoms with Crippen molar-refractivity contribution < 1.29 is 5.11 Å². The third kappa shape index (κ3) is 4.34. The Morgan fingerprint density at radius 3 is 2.67 bits per heavy atom. The minimum atomic E-state index is 0.109. The van der Waals surface area contributed by atoms with E-state index in [1.165, 1.54) is 25.7 Å². The molecule has 0 aromatic heterocycles. The highest BCUT2D eigenvalue weighted by atomic mass is 16.3. The fraction of sp³-hybridized carbons (Fsp3) is 0.538. The summed E-state index contributed by atoms with van der Waals surface area (Å²) in [6.07, 6.45) is 5.06. The standard InChI is InChI=1S/C13H21NO/c1-2-3-4-7-10-14-13-9-6-5-8-12(13)11-15/h5-6,8-9,14-15H,2-4,7,10-11H2,1H3. The summed E-state index contributed by atoms with van der Waals surface area (Å²) < 4.78 is 0. The van der Waals surface area contributed by atoms with Crippen molar-refractivity contribution in [1.29, 1.82) is 0 Å². The number of hydrogen-bond acceptors (Lipinski definition) is 2. The van der Waals surface area contributed by atoms with Crippen molar-refractivity contribution in [1.82, 2.24) is 0 Å². The molecule has 0 unspecified atom stereocenters. The average Bonchev–Trinajstić information content (AvgIpc) is 2.29. The smallest absolute Gasteiger partial charge is 0.0701 e. The van der Waals surface area contributed by atoms with Crippen LogP contribution in [-0.2, 0) is 6.61 Å². The van der Waals surface area contributed by atoms with Crippen molar-refractivity contribution in [3.63, 3.8) is 0 Å². The SMILES string of the molecule is CCCCCCNc1ccccc1CO. The van der Waals surface area contributed by atoms with E-state index in [1.54, 1.807) is 0 Å². The van der Waals surface area contributed by atoms with Crippen molar-refractivity contribution >= 4 is 5.69 Å². The molecule has 0 bridgehead atoms. The van der Waals surface area contributed by atoms with Gasteiger partial charge in [-0.05, 0) is 12.5 Å². The van der Waals surface area contributed by atoms with Gasteiger partial charge >= 0.3 is 0 Å². The number of nitrogens with one attached hydrogen (secondary N) is 1. The van der Waals surface area contributed by atoms with Gasteiger partial charge in [0.2, 0.25) is 0 Å². The first-order valence-electron chi connectivity index (χ1n) is 5.81. The first kappa shape index (κ1) is 12.1. The second kappa shape index (κ2) is 7.30. The molecule has 0 radical (unpaired) electrons. The zero-order chi connectivity index (χ0) is 10.9. The number of para-hydroxylation sites is 1. The summed E-state index contributed by atoms with van der Waals surface area (Å²) in [4.78, 5) is 0. The second-order valence-electron chi connectivity index (χ2n) is 3.80. The van der Waals surface area contributed by atoms with Gasteiger partial charge in [0.15, 0.2) is 0 Å². The molecule has 2 heteroatoms. The molecule has 0 aliphatic carbocycles. The third-order valence-corrected chi connectivity index (χ3v) is 2.53. The molecule has 0 saturated carbocycles. The molecular weight excluding hydrogens is 186 g/mol. The van der Waals surface area contributed by atoms with E-state index < -0.39 is 0 Å². The van der Waals surface area contributed by atoms with E-state index in [9.17, 15) is 0 Å². The highest BCUT2D eigenvalue weighted by Gasteiger charge is 1.98. The van der Waals surface area contributed by atoms with Gasteiger partial charge in [0, 0.05) is 17.8 Å². The van der Waals surface area contributed by atoms with Gasteiger partial charge in [-0.25, -0.2) is 0 Å². The molecule has 1 rings (SSSR count). The van der Waals surface area contributed by atoms with Crippen LogP contribution in [0.5, 0.6) is 0 Å². The highest BCUT2D eigenvalue weighted by Crippen LogP contribution is 2.14. The predicted octanol–water partition coefficient (Wildman–Crippen LogP) is 3.17. The van der Waals surface area contributed by atoms with E-state index in [-0.39, 0.29) is 6.61 Å². The molecule has 0 aliphatic rings. The van der Waals surface area contributed by atoms with Crippen molar-refractivity contribution in [2.24, 2.45) is 0 Å². The van der Waals surface area contributed by atoms with Gasteiger partial charge in [-0.1, -0.05) is 44.4 Å². The van der Waals surface area contributed by atoms with Crippen LogP contribution < -0.4 is 5.32 Å². The second-order valence-corrected chi connectivity index (χ2v) is 3.80. The molecule has 1 aromatic carbocycles. The number of anilines is 1. The maximum absolute atomic E-state index is 9.12. The van der Waals surface area contributed by atoms with Gasteiger partial charge in [-0.2, -0.15) is 0 Å². The van der Waals surface area contributed by atoms with Crippen LogP contribution in [0, 0.1) is 0 Å². The Balaban J connectivity index is 2.30. The molecule has 0 amide bonds. The van der Waals surface area contributed by atoms with Crippen LogP contribution in [0.2, 0.25) is 0 Å². The highest BCUT2D eigenvalue weighted by molar-refractivity contribution is 5.50. The first-order valence-corrected chi connectivity index (χ1v) is 5.81. The van der Waals surface area contributed by atoms with Crippen LogP contribution in [0.25, 0.3) is 0 Å². The monoisotopic (exact) mass is 207 g/mol. The Bertz CT molecular complexity index is 273. The van der Waals surface area contributed by atoms with Crippen molar-refractivity contribution in [3.8, 4) is 0 Å². The summed E-state index contributed by atoms with van der Waals surface area (Å²) in [5, 5.41) is 12.5. The van der Waals surface area contributed by atoms with Crippen LogP contribution in [0.3, 0.4) is 0 Å². The summed E-state index contributed by atoms with van der Waals surface area (Å²) in [6.45, 7) is 3.32. The lowest BCUT2D eigenvalue weighted by molar-refractivity contribution is 0.282. The molecule has 84 valence electrons. The number of aliphatic hydroxyl groups excluding tert-OH is 1. The van der Waals surface area contributed by atoms with Gasteiger partial charge in [0.25, 0.3) is 0 Å². The Morgan fingerprint density at radius 1 is 1.13 bits per heavy atom. The first-order chi connectivity index (χ1) is 7.38. The largest absolute Gasteiger partial charge is 0.392 e. The molecule has 0 aliphatic heterocycles. The molecule has 1 aromatic rings. The Labute approximate surface area is 92.3 Å². The van der Waals surface area contributed by atoms with Crippen LogP contribution >= 0.6 is 0 Å². The zero-order valence-corrected chi connectivity index (χ0v) is 9.50. The van der Waals surface area contributed by atoms with Crippen LogP contribution in [0.1, 0.15) is 38.2 Å². The molecular formula is C13H21NO. The Hall–Kier alpha value is -1.02. The Morgan fingerprint density at radius 2 is 1.93 bits per heavy atom. The van der Waals surface area contributed by atoms with E-state index >= 15 is 0 Å². The topological polar surface area (TPSA) is 32.3 Å². The molecule has 15 heavy (non-hydrogen) atoms. The zero-order valence-electron chi connectivity index (χ0n) is 9.50. The van der Waals surface area contributed by atoms with Crippen LogP contribution in [-0.4, -0.2) is 11.7 Å². The average molecular weight is 207 g/mol. The van der Waals surface area contributed by atoms with Gasteiger partial charge < -0.3 is 10.4 Å². The van der Waals surface area contributed by atoms with Gasteiger partial charge in [-0.3, -0.25) is 0 Å². The summed E-state index contributed by atoms with van der Waals surface area (Å²) in [5.41, 5.74) is 2.05. The quantitative estimate of drug-likeness (QED) is 0.673. The number of benzene rings is 1. The summed E-state index contributed by atoms with van der Waals surface area (Å²) in [5.74, 6) is 0. The molecule has 0 atom stereocenters. The lowest BCUT2D eigenvalue weighted by Crippen LogP contribution is -2.04. The number of hydrogen-bond donors (Lipinski definition) is 2. The van der Waals surface area contributed by atoms with E-state index in [0.29, 0.717) is 0 Å². The lowest BCUT2D eigenvalue weighted by Gasteiger charge is -2.09. The number of unbranched alkanes of at least 4 members (excludes halogenated alkanes) is 3. The van der Waals surface area contributed by atoms with E-state index in [1.807, 2.05) is 24.3 Å². The maximum Gasteiger partial charge on any atom is 0.0701 e. The van der Waals surface area contributed by atoms with Crippen LogP contribution in [0.15, 0.2) is 24.3 Å². The molecule has 2 nitrogen and oxygen atoms in total. The Kier molecular flexibility index (Phi) is 5.86. The van der Waals surface area contributed by atoms with E-state index in [4.69, 9.17) is 5.11 Å². The normalized spacial score (nSPS) is 10.3. The van der Waals surface area contributed by atoms with Gasteiger partial charge in [0.05, 0.1) is 6.61 Å². The van der Waals surface area contributed by atoms with E-state index in [2.05, 4.69) is 12.2 Å². The third-order valence-electron chi connectivity index (χ3n) is 2.53. The minimum absolute atomic E-state index is 0.109.